The van der Waals surface area contributed by atoms with Crippen LogP contribution in [-0.4, -0.2) is 19.1 Å². The molecule has 3 aliphatic rings. The minimum absolute atomic E-state index is 0.719. The van der Waals surface area contributed by atoms with E-state index in [2.05, 4.69) is 202 Å². The lowest BCUT2D eigenvalue weighted by molar-refractivity contribution is 0.436. The van der Waals surface area contributed by atoms with E-state index in [0.717, 1.165) is 84.3 Å². The molecular formula is C59H35N5OS. The average molecular weight is 862 g/mol. The molecule has 7 heteroatoms. The van der Waals surface area contributed by atoms with Crippen LogP contribution in [0.15, 0.2) is 222 Å². The van der Waals surface area contributed by atoms with Crippen LogP contribution in [-0.2, 0) is 5.41 Å². The SMILES string of the molecule is c1ccc2c(c1)Sc1ccccc1N2c1ccc2c(c1)c1ccccc1n2-c1ccc2c(c1)Oc1cc(-n3c4ccccc4c4ccccc43)ccc1C21c2cccnc2-c2ncccc21. The first kappa shape index (κ1) is 36.0. The van der Waals surface area contributed by atoms with Crippen LogP contribution in [0.1, 0.15) is 22.3 Å². The number of anilines is 3. The van der Waals surface area contributed by atoms with Gasteiger partial charge in [-0.15, -0.1) is 0 Å². The van der Waals surface area contributed by atoms with Crippen LogP contribution >= 0.6 is 11.8 Å². The van der Waals surface area contributed by atoms with Crippen molar-refractivity contribution in [2.45, 2.75) is 15.2 Å². The largest absolute Gasteiger partial charge is 0.457 e. The Labute approximate surface area is 383 Å². The summed E-state index contributed by atoms with van der Waals surface area (Å²) in [6, 6.07) is 72.4. The van der Waals surface area contributed by atoms with Crippen LogP contribution in [0.4, 0.5) is 17.1 Å². The number of hydrogen-bond donors (Lipinski definition) is 0. The van der Waals surface area contributed by atoms with Crippen molar-refractivity contribution < 1.29 is 4.74 Å². The highest BCUT2D eigenvalue weighted by Gasteiger charge is 2.52. The van der Waals surface area contributed by atoms with Crippen molar-refractivity contribution in [2.75, 3.05) is 4.90 Å². The zero-order valence-electron chi connectivity index (χ0n) is 35.3. The van der Waals surface area contributed by atoms with E-state index in [1.54, 1.807) is 0 Å². The van der Waals surface area contributed by atoms with Gasteiger partial charge in [0.1, 0.15) is 11.5 Å². The number of benzene rings is 8. The van der Waals surface area contributed by atoms with Crippen LogP contribution in [0.5, 0.6) is 11.5 Å². The van der Waals surface area contributed by atoms with Gasteiger partial charge in [-0.2, -0.15) is 0 Å². The molecule has 8 aromatic carbocycles. The number of aromatic nitrogens is 4. The van der Waals surface area contributed by atoms with Gasteiger partial charge < -0.3 is 18.8 Å². The lowest BCUT2D eigenvalue weighted by atomic mass is 9.66. The Hall–Kier alpha value is -8.39. The molecule has 12 aromatic rings. The molecule has 0 radical (unpaired) electrons. The standard InChI is InChI=1S/C59H35N5OS/c1-4-18-47-39(13-1)40-14-2-5-19-48(40)62(47)37-25-28-43-53(34-37)65-54-35-38(26-29-44(54)59(43)45-16-11-31-60-57(45)58-46(59)17-12-32-61-58)63-49-20-6-3-15-41(49)42-33-36(27-30-50(42)63)64-51-21-7-9-23-55(51)66-56-24-10-8-22-52(56)64/h1-35H. The molecule has 2 aliphatic heterocycles. The van der Waals surface area contributed by atoms with Gasteiger partial charge in [-0.05, 0) is 96.1 Å². The van der Waals surface area contributed by atoms with Gasteiger partial charge in [0.15, 0.2) is 0 Å². The minimum Gasteiger partial charge on any atom is -0.457 e. The minimum atomic E-state index is -0.719. The fraction of sp³-hybridized carbons (Fsp3) is 0.0169. The summed E-state index contributed by atoms with van der Waals surface area (Å²) >= 11 is 1.83. The summed E-state index contributed by atoms with van der Waals surface area (Å²) < 4.78 is 12.1. The number of ether oxygens (including phenoxy) is 1. The molecule has 15 rings (SSSR count). The van der Waals surface area contributed by atoms with Crippen molar-refractivity contribution in [3.63, 3.8) is 0 Å². The highest BCUT2D eigenvalue weighted by atomic mass is 32.2. The molecule has 0 unspecified atom stereocenters. The van der Waals surface area contributed by atoms with E-state index in [-0.39, 0.29) is 0 Å². The van der Waals surface area contributed by atoms with E-state index in [4.69, 9.17) is 14.7 Å². The Morgan fingerprint density at radius 2 is 0.833 bits per heavy atom. The maximum atomic E-state index is 7.31. The molecule has 6 nitrogen and oxygen atoms in total. The van der Waals surface area contributed by atoms with Crippen molar-refractivity contribution in [3.8, 4) is 34.3 Å². The summed E-state index contributed by atoms with van der Waals surface area (Å²) in [5.41, 5.74) is 15.5. The predicted octanol–water partition coefficient (Wildman–Crippen LogP) is 15.1. The molecule has 66 heavy (non-hydrogen) atoms. The van der Waals surface area contributed by atoms with Crippen LogP contribution < -0.4 is 9.64 Å². The molecule has 4 aromatic heterocycles. The Morgan fingerprint density at radius 3 is 1.38 bits per heavy atom. The maximum Gasteiger partial charge on any atom is 0.134 e. The number of fused-ring (bicyclic) bond motifs is 17. The molecule has 0 amide bonds. The molecule has 1 spiro atoms. The summed E-state index contributed by atoms with van der Waals surface area (Å²) in [7, 11) is 0. The van der Waals surface area contributed by atoms with Gasteiger partial charge in [0.25, 0.3) is 0 Å². The highest BCUT2D eigenvalue weighted by molar-refractivity contribution is 7.99. The quantitative estimate of drug-likeness (QED) is 0.177. The third-order valence-electron chi connectivity index (χ3n) is 14.0. The van der Waals surface area contributed by atoms with Crippen LogP contribution in [0.25, 0.3) is 66.4 Å². The van der Waals surface area contributed by atoms with Crippen molar-refractivity contribution in [3.05, 3.63) is 235 Å². The smallest absolute Gasteiger partial charge is 0.134 e. The second-order valence-electron chi connectivity index (χ2n) is 17.3. The van der Waals surface area contributed by atoms with Crippen molar-refractivity contribution in [1.29, 1.82) is 0 Å². The summed E-state index contributed by atoms with van der Waals surface area (Å²) in [4.78, 5) is 14.9. The van der Waals surface area contributed by atoms with Gasteiger partial charge in [-0.1, -0.05) is 115 Å². The summed E-state index contributed by atoms with van der Waals surface area (Å²) in [5, 5.41) is 4.81. The molecular weight excluding hydrogens is 827 g/mol. The second kappa shape index (κ2) is 13.3. The normalized spacial score (nSPS) is 13.9. The third-order valence-corrected chi connectivity index (χ3v) is 15.2. The number of pyridine rings is 2. The molecule has 308 valence electrons. The highest BCUT2D eigenvalue weighted by Crippen LogP contribution is 2.62. The number of rotatable bonds is 3. The number of nitrogens with zero attached hydrogens (tertiary/aromatic N) is 5. The Bertz CT molecular complexity index is 3910. The fourth-order valence-electron chi connectivity index (χ4n) is 11.4. The van der Waals surface area contributed by atoms with Gasteiger partial charge in [0.2, 0.25) is 0 Å². The van der Waals surface area contributed by atoms with Crippen molar-refractivity contribution >= 4 is 72.4 Å². The molecule has 0 N–H and O–H groups in total. The Balaban J connectivity index is 0.954. The molecule has 0 saturated carbocycles. The summed E-state index contributed by atoms with van der Waals surface area (Å²) in [6.07, 6.45) is 3.75. The average Bonchev–Trinajstić information content (AvgIpc) is 4.00. The summed E-state index contributed by atoms with van der Waals surface area (Å²) in [5.74, 6) is 1.60. The topological polar surface area (TPSA) is 48.1 Å². The van der Waals surface area contributed by atoms with Crippen LogP contribution in [0, 0.1) is 0 Å². The second-order valence-corrected chi connectivity index (χ2v) is 18.4. The molecule has 0 fully saturated rings. The number of hydrogen-bond acceptors (Lipinski definition) is 5. The molecule has 0 saturated heterocycles. The zero-order valence-corrected chi connectivity index (χ0v) is 36.1. The molecule has 1 aliphatic carbocycles. The van der Waals surface area contributed by atoms with Gasteiger partial charge >= 0.3 is 0 Å². The Kier molecular flexibility index (Phi) is 7.27. The van der Waals surface area contributed by atoms with E-state index in [0.29, 0.717) is 0 Å². The monoisotopic (exact) mass is 861 g/mol. The van der Waals surface area contributed by atoms with Crippen LogP contribution in [0.2, 0.25) is 0 Å². The van der Waals surface area contributed by atoms with Crippen molar-refractivity contribution in [1.82, 2.24) is 19.1 Å². The zero-order chi connectivity index (χ0) is 43.1. The first-order valence-corrected chi connectivity index (χ1v) is 23.1. The molecule has 0 atom stereocenters. The van der Waals surface area contributed by atoms with Gasteiger partial charge in [-0.25, -0.2) is 0 Å². The van der Waals surface area contributed by atoms with E-state index in [1.165, 1.54) is 42.7 Å². The predicted molar refractivity (Wildman–Crippen MR) is 267 cm³/mol. The molecule has 0 bridgehead atoms. The number of para-hydroxylation sites is 5. The lowest BCUT2D eigenvalue weighted by Gasteiger charge is -2.39. The van der Waals surface area contributed by atoms with E-state index < -0.39 is 5.41 Å². The lowest BCUT2D eigenvalue weighted by Crippen LogP contribution is -2.32. The first-order valence-electron chi connectivity index (χ1n) is 22.3. The third kappa shape index (κ3) is 4.71. The van der Waals surface area contributed by atoms with E-state index in [9.17, 15) is 0 Å². The van der Waals surface area contributed by atoms with E-state index >= 15 is 0 Å². The maximum absolute atomic E-state index is 7.31. The van der Waals surface area contributed by atoms with Gasteiger partial charge in [0, 0.05) is 84.1 Å². The van der Waals surface area contributed by atoms with Gasteiger partial charge in [-0.3, -0.25) is 9.97 Å². The van der Waals surface area contributed by atoms with Crippen molar-refractivity contribution in [2.24, 2.45) is 0 Å². The van der Waals surface area contributed by atoms with Gasteiger partial charge in [0.05, 0.1) is 50.2 Å². The molecule has 6 heterocycles. The summed E-state index contributed by atoms with van der Waals surface area (Å²) in [6.45, 7) is 0. The van der Waals surface area contributed by atoms with Crippen LogP contribution in [0.3, 0.4) is 0 Å². The fourth-order valence-corrected chi connectivity index (χ4v) is 12.5. The first-order chi connectivity index (χ1) is 32.7. The Morgan fingerprint density at radius 1 is 0.379 bits per heavy atom. The van der Waals surface area contributed by atoms with E-state index in [1.807, 2.05) is 36.3 Å².